The maximum atomic E-state index is 12.3. The van der Waals surface area contributed by atoms with Crippen LogP contribution in [0.5, 0.6) is 0 Å². The van der Waals surface area contributed by atoms with E-state index in [2.05, 4.69) is 5.10 Å². The molecule has 1 aliphatic heterocycles. The van der Waals surface area contributed by atoms with E-state index in [4.69, 9.17) is 4.74 Å². The minimum atomic E-state index is -4.48. The summed E-state index contributed by atoms with van der Waals surface area (Å²) in [5.41, 5.74) is -0.931. The summed E-state index contributed by atoms with van der Waals surface area (Å²) < 4.78 is 42.7. The van der Waals surface area contributed by atoms with E-state index < -0.39 is 17.8 Å². The van der Waals surface area contributed by atoms with Gasteiger partial charge in [0, 0.05) is 19.3 Å². The van der Waals surface area contributed by atoms with Gasteiger partial charge in [0.25, 0.3) is 0 Å². The molecule has 2 rings (SSSR count). The van der Waals surface area contributed by atoms with Crippen LogP contribution in [0.3, 0.4) is 0 Å². The molecule has 1 aromatic heterocycles. The van der Waals surface area contributed by atoms with Crippen molar-refractivity contribution in [3.8, 4) is 0 Å². The number of hydrogen-bond donors (Lipinski definition) is 0. The molecule has 0 spiro atoms. The maximum absolute atomic E-state index is 12.3. The quantitative estimate of drug-likeness (QED) is 0.694. The number of nitrogens with zero attached hydrogens (tertiary/aromatic N) is 3. The van der Waals surface area contributed by atoms with Gasteiger partial charge < -0.3 is 9.64 Å². The Kier molecular flexibility index (Phi) is 3.05. The Morgan fingerprint density at radius 2 is 2.00 bits per heavy atom. The summed E-state index contributed by atoms with van der Waals surface area (Å²) in [7, 11) is 0. The smallest absolute Gasteiger partial charge is 0.378 e. The lowest BCUT2D eigenvalue weighted by atomic mass is 10.4. The van der Waals surface area contributed by atoms with Gasteiger partial charge in [0.05, 0.1) is 25.0 Å². The number of rotatable bonds is 0. The largest absolute Gasteiger partial charge is 0.419 e. The van der Waals surface area contributed by atoms with Gasteiger partial charge >= 0.3 is 12.2 Å². The summed E-state index contributed by atoms with van der Waals surface area (Å²) in [5, 5.41) is 3.42. The normalized spacial score (nSPS) is 17.2. The molecule has 0 saturated carbocycles. The molecule has 2 heterocycles. The van der Waals surface area contributed by atoms with Crippen LogP contribution in [0.15, 0.2) is 12.4 Å². The highest BCUT2D eigenvalue weighted by atomic mass is 19.4. The third kappa shape index (κ3) is 2.57. The second-order valence-electron chi connectivity index (χ2n) is 3.55. The number of aromatic nitrogens is 2. The molecule has 0 radical (unpaired) electrons. The molecule has 94 valence electrons. The molecule has 1 fully saturated rings. The van der Waals surface area contributed by atoms with Crippen molar-refractivity contribution in [2.24, 2.45) is 0 Å². The first-order valence-electron chi connectivity index (χ1n) is 4.97. The Bertz CT molecular complexity index is 410. The molecule has 1 amide bonds. The topological polar surface area (TPSA) is 47.4 Å². The number of alkyl halides is 3. The van der Waals surface area contributed by atoms with Crippen LogP contribution in [-0.2, 0) is 10.9 Å². The lowest BCUT2D eigenvalue weighted by molar-refractivity contribution is -0.137. The number of amides is 1. The summed E-state index contributed by atoms with van der Waals surface area (Å²) in [5.74, 6) is 0. The average molecular weight is 249 g/mol. The van der Waals surface area contributed by atoms with Crippen LogP contribution in [0.4, 0.5) is 18.0 Å². The van der Waals surface area contributed by atoms with Gasteiger partial charge in [-0.2, -0.15) is 23.0 Å². The van der Waals surface area contributed by atoms with Crippen molar-refractivity contribution < 1.29 is 22.7 Å². The maximum Gasteiger partial charge on any atom is 0.419 e. The first-order valence-corrected chi connectivity index (χ1v) is 4.97. The molecule has 1 aliphatic rings. The third-order valence-electron chi connectivity index (χ3n) is 2.39. The Morgan fingerprint density at radius 1 is 1.35 bits per heavy atom. The summed E-state index contributed by atoms with van der Waals surface area (Å²) >= 11 is 0. The second kappa shape index (κ2) is 4.36. The van der Waals surface area contributed by atoms with E-state index in [1.54, 1.807) is 0 Å². The van der Waals surface area contributed by atoms with E-state index in [1.807, 2.05) is 0 Å². The summed E-state index contributed by atoms with van der Waals surface area (Å²) in [6.45, 7) is 1.50. The highest BCUT2D eigenvalue weighted by Gasteiger charge is 2.33. The van der Waals surface area contributed by atoms with Crippen LogP contribution in [0, 0.1) is 0 Å². The minimum Gasteiger partial charge on any atom is -0.378 e. The van der Waals surface area contributed by atoms with Crippen molar-refractivity contribution in [2.75, 3.05) is 26.3 Å². The number of hydrogen-bond acceptors (Lipinski definition) is 3. The van der Waals surface area contributed by atoms with Gasteiger partial charge in [-0.25, -0.2) is 4.79 Å². The van der Waals surface area contributed by atoms with Crippen molar-refractivity contribution in [1.29, 1.82) is 0 Å². The Morgan fingerprint density at radius 3 is 2.53 bits per heavy atom. The molecule has 0 unspecified atom stereocenters. The van der Waals surface area contributed by atoms with E-state index in [9.17, 15) is 18.0 Å². The highest BCUT2D eigenvalue weighted by molar-refractivity contribution is 5.76. The molecule has 8 heteroatoms. The van der Waals surface area contributed by atoms with Crippen LogP contribution in [0.25, 0.3) is 0 Å². The number of carbonyl (C=O) groups excluding carboxylic acids is 1. The second-order valence-corrected chi connectivity index (χ2v) is 3.55. The molecule has 0 N–H and O–H groups in total. The summed E-state index contributed by atoms with van der Waals surface area (Å²) in [4.78, 5) is 13.1. The van der Waals surface area contributed by atoms with E-state index in [1.165, 1.54) is 4.90 Å². The van der Waals surface area contributed by atoms with E-state index >= 15 is 0 Å². The van der Waals surface area contributed by atoms with E-state index in [-0.39, 0.29) is 0 Å². The van der Waals surface area contributed by atoms with Gasteiger partial charge in [0.1, 0.15) is 0 Å². The van der Waals surface area contributed by atoms with E-state index in [0.717, 1.165) is 0 Å². The molecular weight excluding hydrogens is 239 g/mol. The number of morpholine rings is 1. The predicted molar refractivity (Wildman–Crippen MR) is 50.4 cm³/mol. The standard InChI is InChI=1S/C9H10F3N3O2/c10-9(11,12)7-5-13-15(6-7)8(16)14-1-3-17-4-2-14/h5-6H,1-4H2. The Balaban J connectivity index is 2.11. The van der Waals surface area contributed by atoms with Crippen molar-refractivity contribution in [3.05, 3.63) is 18.0 Å². The monoisotopic (exact) mass is 249 g/mol. The van der Waals surface area contributed by atoms with Gasteiger partial charge in [-0.15, -0.1) is 0 Å². The van der Waals surface area contributed by atoms with Gasteiger partial charge in [-0.1, -0.05) is 0 Å². The van der Waals surface area contributed by atoms with Gasteiger partial charge in [-0.3, -0.25) is 0 Å². The number of halogens is 3. The first-order chi connectivity index (χ1) is 7.98. The lowest BCUT2D eigenvalue weighted by Gasteiger charge is -2.26. The molecule has 0 aliphatic carbocycles. The van der Waals surface area contributed by atoms with Crippen LogP contribution in [0.2, 0.25) is 0 Å². The molecule has 1 saturated heterocycles. The molecule has 5 nitrogen and oxygen atoms in total. The van der Waals surface area contributed by atoms with Crippen LogP contribution < -0.4 is 0 Å². The summed E-state index contributed by atoms with van der Waals surface area (Å²) in [6.07, 6.45) is -3.15. The van der Waals surface area contributed by atoms with Gasteiger partial charge in [-0.05, 0) is 0 Å². The third-order valence-corrected chi connectivity index (χ3v) is 2.39. The van der Waals surface area contributed by atoms with Crippen molar-refractivity contribution >= 4 is 6.03 Å². The van der Waals surface area contributed by atoms with E-state index in [0.29, 0.717) is 43.4 Å². The fraction of sp³-hybridized carbons (Fsp3) is 0.556. The predicted octanol–water partition coefficient (Wildman–Crippen LogP) is 1.20. The lowest BCUT2D eigenvalue weighted by Crippen LogP contribution is -2.43. The Hall–Kier alpha value is -1.57. The van der Waals surface area contributed by atoms with Crippen molar-refractivity contribution in [3.63, 3.8) is 0 Å². The van der Waals surface area contributed by atoms with Crippen LogP contribution in [-0.4, -0.2) is 47.0 Å². The molecule has 17 heavy (non-hydrogen) atoms. The van der Waals surface area contributed by atoms with Gasteiger partial charge in [0.2, 0.25) is 0 Å². The molecule has 0 bridgehead atoms. The van der Waals surface area contributed by atoms with Crippen LogP contribution in [0.1, 0.15) is 5.56 Å². The molecule has 0 atom stereocenters. The summed E-state index contributed by atoms with van der Waals surface area (Å²) in [6, 6.07) is -0.566. The van der Waals surface area contributed by atoms with Crippen molar-refractivity contribution in [1.82, 2.24) is 14.7 Å². The molecule has 0 aromatic carbocycles. The fourth-order valence-electron chi connectivity index (χ4n) is 1.47. The zero-order valence-corrected chi connectivity index (χ0v) is 8.78. The highest BCUT2D eigenvalue weighted by Crippen LogP contribution is 2.28. The zero-order chi connectivity index (χ0) is 12.5. The van der Waals surface area contributed by atoms with Crippen molar-refractivity contribution in [2.45, 2.75) is 6.18 Å². The SMILES string of the molecule is O=C(N1CCOCC1)n1cc(C(F)(F)F)cn1. The Labute approximate surface area is 94.8 Å². The zero-order valence-electron chi connectivity index (χ0n) is 8.78. The van der Waals surface area contributed by atoms with Gasteiger partial charge in [0.15, 0.2) is 0 Å². The number of carbonyl (C=O) groups is 1. The molecular formula is C9H10F3N3O2. The number of ether oxygens (including phenoxy) is 1. The molecule has 1 aromatic rings. The minimum absolute atomic E-state index is 0.361. The first kappa shape index (κ1) is 11.9. The fourth-order valence-corrected chi connectivity index (χ4v) is 1.47. The average Bonchev–Trinajstić information content (AvgIpc) is 2.78. The van der Waals surface area contributed by atoms with Crippen LogP contribution >= 0.6 is 0 Å².